The van der Waals surface area contributed by atoms with Crippen LogP contribution in [0.1, 0.15) is 18.9 Å². The standard InChI is InChI=1S/C16H25N3O2.ClH/c1-14(20)19(13-15-7-5-4-6-8-15)11-9-16(21)18(3)12-10-17-2;/h4-8,17H,9-13H2,1-3H3;1H. The number of nitrogens with zero attached hydrogens (tertiary/aromatic N) is 2. The van der Waals surface area contributed by atoms with Crippen LogP contribution in [0.2, 0.25) is 0 Å². The summed E-state index contributed by atoms with van der Waals surface area (Å²) >= 11 is 0. The Hall–Kier alpha value is -1.59. The van der Waals surface area contributed by atoms with Gasteiger partial charge in [-0.3, -0.25) is 9.59 Å². The maximum absolute atomic E-state index is 12.0. The van der Waals surface area contributed by atoms with Gasteiger partial charge in [-0.25, -0.2) is 0 Å². The van der Waals surface area contributed by atoms with Crippen LogP contribution in [-0.2, 0) is 16.1 Å². The van der Waals surface area contributed by atoms with E-state index in [0.29, 0.717) is 26.1 Å². The minimum atomic E-state index is -0.00969. The molecular formula is C16H26ClN3O2. The molecule has 2 amide bonds. The maximum atomic E-state index is 12.0. The summed E-state index contributed by atoms with van der Waals surface area (Å²) in [4.78, 5) is 27.1. The number of carbonyl (C=O) groups is 2. The molecule has 1 rings (SSSR count). The van der Waals surface area contributed by atoms with E-state index in [0.717, 1.165) is 12.1 Å². The Labute approximate surface area is 139 Å². The topological polar surface area (TPSA) is 52.7 Å². The molecule has 0 unspecified atom stereocenters. The van der Waals surface area contributed by atoms with Gasteiger partial charge in [0.05, 0.1) is 0 Å². The van der Waals surface area contributed by atoms with E-state index in [1.54, 1.807) is 16.8 Å². The summed E-state index contributed by atoms with van der Waals surface area (Å²) in [6.07, 6.45) is 0.354. The molecule has 0 heterocycles. The van der Waals surface area contributed by atoms with Gasteiger partial charge in [0.1, 0.15) is 0 Å². The largest absolute Gasteiger partial charge is 0.344 e. The summed E-state index contributed by atoms with van der Waals surface area (Å²) in [5.41, 5.74) is 1.07. The highest BCUT2D eigenvalue weighted by molar-refractivity contribution is 5.85. The quantitative estimate of drug-likeness (QED) is 0.787. The number of halogens is 1. The molecule has 1 N–H and O–H groups in total. The molecule has 0 bridgehead atoms. The van der Waals surface area contributed by atoms with Crippen molar-refractivity contribution in [3.8, 4) is 0 Å². The van der Waals surface area contributed by atoms with E-state index in [1.807, 2.05) is 37.4 Å². The van der Waals surface area contributed by atoms with Crippen LogP contribution in [0.15, 0.2) is 30.3 Å². The van der Waals surface area contributed by atoms with E-state index in [4.69, 9.17) is 0 Å². The monoisotopic (exact) mass is 327 g/mol. The fraction of sp³-hybridized carbons (Fsp3) is 0.500. The average molecular weight is 328 g/mol. The van der Waals surface area contributed by atoms with E-state index < -0.39 is 0 Å². The van der Waals surface area contributed by atoms with Crippen LogP contribution in [0.5, 0.6) is 0 Å². The first-order valence-corrected chi connectivity index (χ1v) is 7.22. The van der Waals surface area contributed by atoms with Gasteiger partial charge in [0, 0.05) is 46.6 Å². The number of nitrogens with one attached hydrogen (secondary N) is 1. The van der Waals surface area contributed by atoms with Crippen molar-refractivity contribution >= 4 is 24.2 Å². The van der Waals surface area contributed by atoms with Crippen LogP contribution >= 0.6 is 12.4 Å². The minimum absolute atomic E-state index is 0. The van der Waals surface area contributed by atoms with Crippen LogP contribution in [0.3, 0.4) is 0 Å². The molecule has 0 aliphatic heterocycles. The molecule has 0 aromatic heterocycles. The van der Waals surface area contributed by atoms with Gasteiger partial charge in [0.15, 0.2) is 0 Å². The molecule has 0 atom stereocenters. The Bertz CT molecular complexity index is 454. The summed E-state index contributed by atoms with van der Waals surface area (Å²) in [7, 11) is 3.64. The summed E-state index contributed by atoms with van der Waals surface area (Å²) in [6.45, 7) is 3.98. The zero-order chi connectivity index (χ0) is 15.7. The zero-order valence-corrected chi connectivity index (χ0v) is 14.4. The van der Waals surface area contributed by atoms with Crippen molar-refractivity contribution in [2.24, 2.45) is 0 Å². The third-order valence-corrected chi connectivity index (χ3v) is 3.38. The van der Waals surface area contributed by atoms with Crippen molar-refractivity contribution in [3.63, 3.8) is 0 Å². The lowest BCUT2D eigenvalue weighted by atomic mass is 10.2. The predicted molar refractivity (Wildman–Crippen MR) is 91.0 cm³/mol. The number of likely N-dealkylation sites (N-methyl/N-ethyl adjacent to an activating group) is 2. The van der Waals surface area contributed by atoms with Crippen molar-refractivity contribution < 1.29 is 9.59 Å². The van der Waals surface area contributed by atoms with Gasteiger partial charge in [0.25, 0.3) is 0 Å². The second-order valence-corrected chi connectivity index (χ2v) is 5.10. The molecule has 6 heteroatoms. The van der Waals surface area contributed by atoms with Crippen LogP contribution in [0.25, 0.3) is 0 Å². The van der Waals surface area contributed by atoms with Crippen molar-refractivity contribution in [1.29, 1.82) is 0 Å². The van der Waals surface area contributed by atoms with Gasteiger partial charge >= 0.3 is 0 Å². The summed E-state index contributed by atoms with van der Waals surface area (Å²) in [5.74, 6) is 0.0501. The van der Waals surface area contributed by atoms with E-state index in [-0.39, 0.29) is 24.2 Å². The van der Waals surface area contributed by atoms with Crippen LogP contribution in [-0.4, -0.2) is 55.3 Å². The normalized spacial score (nSPS) is 9.77. The number of rotatable bonds is 8. The maximum Gasteiger partial charge on any atom is 0.224 e. The van der Waals surface area contributed by atoms with Gasteiger partial charge in [0.2, 0.25) is 11.8 Å². The third-order valence-electron chi connectivity index (χ3n) is 3.38. The summed E-state index contributed by atoms with van der Waals surface area (Å²) in [6, 6.07) is 9.81. The second-order valence-electron chi connectivity index (χ2n) is 5.10. The fourth-order valence-corrected chi connectivity index (χ4v) is 1.98. The molecule has 22 heavy (non-hydrogen) atoms. The number of hydrogen-bond donors (Lipinski definition) is 1. The van der Waals surface area contributed by atoms with Gasteiger partial charge in [-0.05, 0) is 12.6 Å². The molecule has 0 aliphatic rings. The lowest BCUT2D eigenvalue weighted by Crippen LogP contribution is -2.36. The van der Waals surface area contributed by atoms with Gasteiger partial charge < -0.3 is 15.1 Å². The highest BCUT2D eigenvalue weighted by Crippen LogP contribution is 2.06. The van der Waals surface area contributed by atoms with Crippen LogP contribution in [0, 0.1) is 0 Å². The van der Waals surface area contributed by atoms with Gasteiger partial charge in [-0.2, -0.15) is 0 Å². The summed E-state index contributed by atoms with van der Waals surface area (Å²) < 4.78 is 0. The zero-order valence-electron chi connectivity index (χ0n) is 13.5. The molecule has 0 saturated heterocycles. The number of hydrogen-bond acceptors (Lipinski definition) is 3. The molecule has 124 valence electrons. The predicted octanol–water partition coefficient (Wildman–Crippen LogP) is 1.52. The van der Waals surface area contributed by atoms with Crippen molar-refractivity contribution in [1.82, 2.24) is 15.1 Å². The molecule has 0 fully saturated rings. The molecule has 0 saturated carbocycles. The van der Waals surface area contributed by atoms with Crippen molar-refractivity contribution in [3.05, 3.63) is 35.9 Å². The van der Waals surface area contributed by atoms with Gasteiger partial charge in [-0.1, -0.05) is 30.3 Å². The Morgan fingerprint density at radius 1 is 1.14 bits per heavy atom. The molecule has 1 aromatic rings. The molecule has 0 aliphatic carbocycles. The lowest BCUT2D eigenvalue weighted by Gasteiger charge is -2.23. The highest BCUT2D eigenvalue weighted by Gasteiger charge is 2.14. The van der Waals surface area contributed by atoms with E-state index in [1.165, 1.54) is 6.92 Å². The molecule has 0 radical (unpaired) electrons. The Morgan fingerprint density at radius 2 is 1.77 bits per heavy atom. The number of amides is 2. The lowest BCUT2D eigenvalue weighted by molar-refractivity contribution is -0.133. The number of carbonyl (C=O) groups excluding carboxylic acids is 2. The van der Waals surface area contributed by atoms with Gasteiger partial charge in [-0.15, -0.1) is 12.4 Å². The number of benzene rings is 1. The Morgan fingerprint density at radius 3 is 2.32 bits per heavy atom. The van der Waals surface area contributed by atoms with Crippen molar-refractivity contribution in [2.45, 2.75) is 19.9 Å². The first kappa shape index (κ1) is 20.4. The second kappa shape index (κ2) is 11.0. The van der Waals surface area contributed by atoms with E-state index in [2.05, 4.69) is 5.32 Å². The first-order valence-electron chi connectivity index (χ1n) is 7.22. The van der Waals surface area contributed by atoms with Crippen LogP contribution < -0.4 is 5.32 Å². The van der Waals surface area contributed by atoms with Crippen LogP contribution in [0.4, 0.5) is 0 Å². The molecule has 5 nitrogen and oxygen atoms in total. The Balaban J connectivity index is 0.00000441. The smallest absolute Gasteiger partial charge is 0.224 e. The SMILES string of the molecule is CNCCN(C)C(=O)CCN(Cc1ccccc1)C(C)=O.Cl. The molecule has 1 aromatic carbocycles. The highest BCUT2D eigenvalue weighted by atomic mass is 35.5. The molecule has 0 spiro atoms. The fourth-order valence-electron chi connectivity index (χ4n) is 1.98. The van der Waals surface area contributed by atoms with Crippen molar-refractivity contribution in [2.75, 3.05) is 33.7 Å². The summed E-state index contributed by atoms with van der Waals surface area (Å²) in [5, 5.41) is 3.01. The van der Waals surface area contributed by atoms with E-state index >= 15 is 0 Å². The molecular weight excluding hydrogens is 302 g/mol. The Kier molecular flexibility index (Phi) is 10.2. The minimum Gasteiger partial charge on any atom is -0.344 e. The third kappa shape index (κ3) is 7.43. The first-order chi connectivity index (χ1) is 10.0. The van der Waals surface area contributed by atoms with E-state index in [9.17, 15) is 9.59 Å². The average Bonchev–Trinajstić information content (AvgIpc) is 2.49.